The Balaban J connectivity index is 2.23. The van der Waals surface area contributed by atoms with Crippen LogP contribution in [0.2, 0.25) is 0 Å². The van der Waals surface area contributed by atoms with Crippen LogP contribution in [0.5, 0.6) is 0 Å². The Bertz CT molecular complexity index is 777. The molecule has 2 aromatic rings. The van der Waals surface area contributed by atoms with Crippen LogP contribution in [0.1, 0.15) is 56.1 Å². The highest BCUT2D eigenvalue weighted by atomic mass is 127. The fourth-order valence-corrected chi connectivity index (χ4v) is 5.19. The molecule has 0 fully saturated rings. The molecule has 3 N–H and O–H groups in total. The van der Waals surface area contributed by atoms with Gasteiger partial charge in [0.25, 0.3) is 0 Å². The highest BCUT2D eigenvalue weighted by Gasteiger charge is 2.31. The molecule has 0 atom stereocenters. The molecule has 3 rings (SSSR count). The van der Waals surface area contributed by atoms with Crippen molar-refractivity contribution in [1.29, 1.82) is 0 Å². The topological polar surface area (TPSA) is 73.8 Å². The summed E-state index contributed by atoms with van der Waals surface area (Å²) in [6.07, 6.45) is 5.26. The molecule has 0 saturated heterocycles. The third kappa shape index (κ3) is 3.04. The fraction of sp³-hybridized carbons (Fsp3) is 0.389. The summed E-state index contributed by atoms with van der Waals surface area (Å²) in [5.74, 6) is 0.822. The molecule has 2 aromatic heterocycles. The summed E-state index contributed by atoms with van der Waals surface area (Å²) < 4.78 is 3.46. The molecular weight excluding hydrogens is 415 g/mol. The highest BCUT2D eigenvalue weighted by Crippen LogP contribution is 2.38. The van der Waals surface area contributed by atoms with Crippen molar-refractivity contribution < 1.29 is 5.11 Å². The minimum absolute atomic E-state index is 0.281. The molecule has 0 spiro atoms. The van der Waals surface area contributed by atoms with Crippen LogP contribution in [0.25, 0.3) is 6.08 Å². The number of nitrogens with one attached hydrogen (secondary N) is 2. The van der Waals surface area contributed by atoms with Gasteiger partial charge in [-0.3, -0.25) is 5.10 Å². The molecule has 0 aromatic carbocycles. The van der Waals surface area contributed by atoms with Gasteiger partial charge in [0.05, 0.1) is 20.5 Å². The standard InChI is InChI=1S/C18H23IN4O/c1-4-18(24,5-2)13-11-15(20-6-3)22-17-12(13)7-9-19-16(17)14-8-10-21-23-14/h7-11,24H,4-6H2,1-3H3,(H,20,22)(H,21,23). The average Bonchev–Trinajstić information content (AvgIpc) is 3.14. The molecule has 0 bridgehead atoms. The van der Waals surface area contributed by atoms with E-state index in [0.29, 0.717) is 12.8 Å². The quantitative estimate of drug-likeness (QED) is 0.601. The van der Waals surface area contributed by atoms with Gasteiger partial charge in [-0.25, -0.2) is 4.98 Å². The van der Waals surface area contributed by atoms with Crippen LogP contribution in [-0.2, 0) is 5.60 Å². The summed E-state index contributed by atoms with van der Waals surface area (Å²) >= 11 is -0.281. The Morgan fingerprint density at radius 2 is 2.08 bits per heavy atom. The first-order valence-electron chi connectivity index (χ1n) is 8.31. The van der Waals surface area contributed by atoms with Crippen molar-refractivity contribution in [1.82, 2.24) is 15.2 Å². The molecule has 1 aliphatic rings. The van der Waals surface area contributed by atoms with E-state index in [1.165, 1.54) is 3.51 Å². The second kappa shape index (κ2) is 7.14. The van der Waals surface area contributed by atoms with E-state index in [-0.39, 0.29) is 20.7 Å². The first kappa shape index (κ1) is 17.3. The molecule has 0 unspecified atom stereocenters. The maximum atomic E-state index is 11.2. The number of halogens is 1. The van der Waals surface area contributed by atoms with Crippen molar-refractivity contribution in [3.8, 4) is 0 Å². The summed E-state index contributed by atoms with van der Waals surface area (Å²) in [4.78, 5) is 4.85. The maximum absolute atomic E-state index is 11.2. The number of rotatable bonds is 6. The Morgan fingerprint density at radius 1 is 1.29 bits per heavy atom. The minimum atomic E-state index is -0.837. The molecule has 3 heterocycles. The van der Waals surface area contributed by atoms with Crippen molar-refractivity contribution in [3.05, 3.63) is 44.9 Å². The van der Waals surface area contributed by atoms with E-state index in [9.17, 15) is 5.11 Å². The van der Waals surface area contributed by atoms with Crippen molar-refractivity contribution >= 4 is 36.1 Å². The molecule has 0 aliphatic carbocycles. The maximum Gasteiger partial charge on any atom is 0.127 e. The van der Waals surface area contributed by atoms with Gasteiger partial charge in [-0.1, -0.05) is 34.6 Å². The molecule has 0 amide bonds. The lowest BCUT2D eigenvalue weighted by Gasteiger charge is -2.30. The normalized spacial score (nSPS) is 13.9. The zero-order valence-electron chi connectivity index (χ0n) is 14.2. The number of anilines is 1. The number of hydrogen-bond donors (Lipinski definition) is 3. The van der Waals surface area contributed by atoms with Crippen molar-refractivity contribution in [2.45, 2.75) is 39.2 Å². The largest absolute Gasteiger partial charge is 0.385 e. The third-order valence-electron chi connectivity index (χ3n) is 4.43. The minimum Gasteiger partial charge on any atom is -0.385 e. The van der Waals surface area contributed by atoms with Gasteiger partial charge >= 0.3 is 0 Å². The van der Waals surface area contributed by atoms with Crippen LogP contribution in [0, 0.1) is 0 Å². The summed E-state index contributed by atoms with van der Waals surface area (Å²) in [6.45, 7) is 6.91. The second-order valence-electron chi connectivity index (χ2n) is 5.77. The lowest BCUT2D eigenvalue weighted by atomic mass is 9.84. The average molecular weight is 438 g/mol. The highest BCUT2D eigenvalue weighted by molar-refractivity contribution is 14.2. The van der Waals surface area contributed by atoms with E-state index >= 15 is 0 Å². The lowest BCUT2D eigenvalue weighted by Crippen LogP contribution is -2.27. The molecular formula is C18H23IN4O. The van der Waals surface area contributed by atoms with Gasteiger partial charge in [0.15, 0.2) is 0 Å². The van der Waals surface area contributed by atoms with E-state index in [2.05, 4.69) is 32.6 Å². The smallest absolute Gasteiger partial charge is 0.127 e. The van der Waals surface area contributed by atoms with E-state index < -0.39 is 5.60 Å². The number of aliphatic hydroxyl groups is 1. The van der Waals surface area contributed by atoms with Crippen LogP contribution in [-0.4, -0.2) is 30.3 Å². The first-order valence-corrected chi connectivity index (χ1v) is 10.6. The first-order chi connectivity index (χ1) is 11.6. The molecule has 0 radical (unpaired) electrons. The Kier molecular flexibility index (Phi) is 5.15. The zero-order chi connectivity index (χ0) is 17.2. The fourth-order valence-electron chi connectivity index (χ4n) is 2.95. The number of fused-ring (bicyclic) bond motifs is 1. The molecule has 128 valence electrons. The van der Waals surface area contributed by atoms with Crippen molar-refractivity contribution in [3.63, 3.8) is 0 Å². The van der Waals surface area contributed by atoms with Gasteiger partial charge < -0.3 is 10.4 Å². The number of pyridine rings is 1. The van der Waals surface area contributed by atoms with Gasteiger partial charge in [0.2, 0.25) is 0 Å². The molecule has 6 heteroatoms. The van der Waals surface area contributed by atoms with E-state index in [1.807, 2.05) is 26.0 Å². The van der Waals surface area contributed by atoms with Gasteiger partial charge in [-0.05, 0) is 47.6 Å². The summed E-state index contributed by atoms with van der Waals surface area (Å²) in [5, 5.41) is 21.6. The number of aromatic nitrogens is 3. The number of nitrogens with zero attached hydrogens (tertiary/aromatic N) is 2. The van der Waals surface area contributed by atoms with Gasteiger partial charge in [-0.2, -0.15) is 5.10 Å². The molecule has 24 heavy (non-hydrogen) atoms. The molecule has 5 nitrogen and oxygen atoms in total. The van der Waals surface area contributed by atoms with Crippen molar-refractivity contribution in [2.75, 3.05) is 11.9 Å². The van der Waals surface area contributed by atoms with Gasteiger partial charge in [-0.15, -0.1) is 0 Å². The predicted molar refractivity (Wildman–Crippen MR) is 108 cm³/mol. The van der Waals surface area contributed by atoms with Crippen molar-refractivity contribution in [2.24, 2.45) is 0 Å². The Hall–Kier alpha value is -1.54. The van der Waals surface area contributed by atoms with Gasteiger partial charge in [0, 0.05) is 18.3 Å². The van der Waals surface area contributed by atoms with Crippen LogP contribution in [0.15, 0.2) is 22.4 Å². The van der Waals surface area contributed by atoms with Crippen LogP contribution >= 0.6 is 20.7 Å². The molecule has 0 saturated carbocycles. The van der Waals surface area contributed by atoms with E-state index in [4.69, 9.17) is 4.98 Å². The zero-order valence-corrected chi connectivity index (χ0v) is 16.4. The third-order valence-corrected chi connectivity index (χ3v) is 6.87. The number of H-pyrrole nitrogens is 1. The SMILES string of the molecule is CCNc1cc(C(O)(CC)CC)c2c(n1)C(c1ccn[nH]1)=IC=C2. The predicted octanol–water partition coefficient (Wildman–Crippen LogP) is 3.77. The second-order valence-corrected chi connectivity index (χ2v) is 8.19. The Morgan fingerprint density at radius 3 is 2.71 bits per heavy atom. The number of aromatic amines is 1. The lowest BCUT2D eigenvalue weighted by molar-refractivity contribution is 0.0281. The number of hydrogen-bond acceptors (Lipinski definition) is 4. The van der Waals surface area contributed by atoms with E-state index in [1.54, 1.807) is 6.20 Å². The van der Waals surface area contributed by atoms with Crippen LogP contribution in [0.4, 0.5) is 5.82 Å². The molecule has 1 aliphatic heterocycles. The van der Waals surface area contributed by atoms with Crippen LogP contribution in [0.3, 0.4) is 0 Å². The monoisotopic (exact) mass is 438 g/mol. The Labute approximate surface area is 152 Å². The summed E-state index contributed by atoms with van der Waals surface area (Å²) in [5.41, 5.74) is 3.17. The summed E-state index contributed by atoms with van der Waals surface area (Å²) in [6, 6.07) is 4.00. The summed E-state index contributed by atoms with van der Waals surface area (Å²) in [7, 11) is 0. The van der Waals surface area contributed by atoms with Gasteiger partial charge in [0.1, 0.15) is 5.82 Å². The van der Waals surface area contributed by atoms with E-state index in [0.717, 1.165) is 34.9 Å². The van der Waals surface area contributed by atoms with Crippen LogP contribution < -0.4 is 5.32 Å².